The standard InChI is InChI=1S/C21H27N4O2S/c1-5-24(6-2)16-7-9-18(15(3)13-16)22-23-21-25(11-12-26)19-10-8-17(27-4)14-20(19)28-21/h7-10,13-14,26H,5-6,11-12H2,1-4H3/q+1. The van der Waals surface area contributed by atoms with Crippen LogP contribution in [0.2, 0.25) is 0 Å². The number of aliphatic hydroxyl groups excluding tert-OH is 1. The van der Waals surface area contributed by atoms with E-state index in [0.29, 0.717) is 6.54 Å². The molecule has 28 heavy (non-hydrogen) atoms. The number of nitrogens with zero attached hydrogens (tertiary/aromatic N) is 4. The molecule has 1 N–H and O–H groups in total. The van der Waals surface area contributed by atoms with Crippen LogP contribution in [0.1, 0.15) is 19.4 Å². The van der Waals surface area contributed by atoms with Gasteiger partial charge in [-0.25, -0.2) is 4.57 Å². The summed E-state index contributed by atoms with van der Waals surface area (Å²) in [5, 5.41) is 19.2. The zero-order chi connectivity index (χ0) is 20.1. The Balaban J connectivity index is 1.95. The number of benzene rings is 2. The molecule has 0 saturated heterocycles. The summed E-state index contributed by atoms with van der Waals surface area (Å²) in [6, 6.07) is 12.1. The predicted octanol–water partition coefficient (Wildman–Crippen LogP) is 4.76. The first-order valence-electron chi connectivity index (χ1n) is 9.49. The number of anilines is 1. The zero-order valence-electron chi connectivity index (χ0n) is 16.8. The predicted molar refractivity (Wildman–Crippen MR) is 115 cm³/mol. The second-order valence-corrected chi connectivity index (χ2v) is 7.45. The van der Waals surface area contributed by atoms with Crippen LogP contribution in [-0.4, -0.2) is 31.9 Å². The molecule has 0 aliphatic carbocycles. The van der Waals surface area contributed by atoms with Crippen molar-refractivity contribution in [1.82, 2.24) is 0 Å². The summed E-state index contributed by atoms with van der Waals surface area (Å²) in [6.45, 7) is 8.83. The van der Waals surface area contributed by atoms with E-state index in [1.165, 1.54) is 17.0 Å². The van der Waals surface area contributed by atoms with Gasteiger partial charge in [-0.3, -0.25) is 0 Å². The molecule has 2 aromatic carbocycles. The molecule has 0 aliphatic rings. The molecule has 7 heteroatoms. The molecule has 148 valence electrons. The second-order valence-electron chi connectivity index (χ2n) is 6.44. The second kappa shape index (κ2) is 9.12. The summed E-state index contributed by atoms with van der Waals surface area (Å²) in [6.07, 6.45) is 0. The molecule has 0 fully saturated rings. The third-order valence-corrected chi connectivity index (χ3v) is 5.80. The van der Waals surface area contributed by atoms with Crippen LogP contribution in [0.5, 0.6) is 5.75 Å². The van der Waals surface area contributed by atoms with Crippen LogP contribution in [0.15, 0.2) is 46.6 Å². The zero-order valence-corrected chi connectivity index (χ0v) is 17.7. The lowest BCUT2D eigenvalue weighted by molar-refractivity contribution is -0.656. The Labute approximate surface area is 169 Å². The number of fused-ring (bicyclic) bond motifs is 1. The van der Waals surface area contributed by atoms with Gasteiger partial charge in [0.05, 0.1) is 23.5 Å². The van der Waals surface area contributed by atoms with Crippen LogP contribution in [0.25, 0.3) is 10.2 Å². The maximum Gasteiger partial charge on any atom is 0.409 e. The molecule has 0 spiro atoms. The molecule has 0 amide bonds. The van der Waals surface area contributed by atoms with Gasteiger partial charge in [-0.1, -0.05) is 0 Å². The minimum atomic E-state index is 0.0443. The summed E-state index contributed by atoms with van der Waals surface area (Å²) < 4.78 is 8.36. The molecule has 0 saturated carbocycles. The van der Waals surface area contributed by atoms with E-state index in [4.69, 9.17) is 4.74 Å². The van der Waals surface area contributed by atoms with Crippen molar-refractivity contribution in [2.45, 2.75) is 27.3 Å². The minimum absolute atomic E-state index is 0.0443. The smallest absolute Gasteiger partial charge is 0.409 e. The third-order valence-electron chi connectivity index (χ3n) is 4.77. The molecular weight excluding hydrogens is 372 g/mol. The number of azo groups is 1. The van der Waals surface area contributed by atoms with Gasteiger partial charge < -0.3 is 14.7 Å². The fraction of sp³-hybridized carbons (Fsp3) is 0.381. The van der Waals surface area contributed by atoms with Crippen molar-refractivity contribution in [2.24, 2.45) is 10.2 Å². The Morgan fingerprint density at radius 2 is 1.89 bits per heavy atom. The maximum absolute atomic E-state index is 9.46. The van der Waals surface area contributed by atoms with Crippen LogP contribution >= 0.6 is 11.3 Å². The van der Waals surface area contributed by atoms with Gasteiger partial charge >= 0.3 is 5.13 Å². The monoisotopic (exact) mass is 399 g/mol. The molecule has 1 heterocycles. The molecule has 0 atom stereocenters. The molecule has 3 aromatic rings. The van der Waals surface area contributed by atoms with Gasteiger partial charge in [0.1, 0.15) is 23.5 Å². The fourth-order valence-electron chi connectivity index (χ4n) is 3.21. The van der Waals surface area contributed by atoms with Crippen molar-refractivity contribution in [3.05, 3.63) is 42.0 Å². The van der Waals surface area contributed by atoms with Gasteiger partial charge in [-0.2, -0.15) is 0 Å². The highest BCUT2D eigenvalue weighted by molar-refractivity contribution is 7.21. The Bertz CT molecular complexity index is 980. The molecule has 3 rings (SSSR count). The lowest BCUT2D eigenvalue weighted by Crippen LogP contribution is -2.34. The first-order valence-corrected chi connectivity index (χ1v) is 10.3. The number of methoxy groups -OCH3 is 1. The van der Waals surface area contributed by atoms with Crippen LogP contribution in [0.4, 0.5) is 16.5 Å². The largest absolute Gasteiger partial charge is 0.497 e. The summed E-state index contributed by atoms with van der Waals surface area (Å²) in [5.74, 6) is 0.802. The number of aryl methyl sites for hydroxylation is 1. The highest BCUT2D eigenvalue weighted by Crippen LogP contribution is 2.31. The Morgan fingerprint density at radius 1 is 1.11 bits per heavy atom. The molecule has 0 unspecified atom stereocenters. The maximum atomic E-state index is 9.46. The van der Waals surface area contributed by atoms with Crippen molar-refractivity contribution in [2.75, 3.05) is 31.7 Å². The fourth-order valence-corrected chi connectivity index (χ4v) is 4.24. The SMILES string of the molecule is CCN(CC)c1ccc(N=Nc2sc3cc(OC)ccc3[n+]2CCO)c(C)c1. The van der Waals surface area contributed by atoms with Crippen molar-refractivity contribution < 1.29 is 14.4 Å². The minimum Gasteiger partial charge on any atom is -0.497 e. The normalized spacial score (nSPS) is 11.5. The summed E-state index contributed by atoms with van der Waals surface area (Å²) in [7, 11) is 1.65. The quantitative estimate of drug-likeness (QED) is 0.439. The van der Waals surface area contributed by atoms with Crippen molar-refractivity contribution >= 4 is 38.1 Å². The van der Waals surface area contributed by atoms with E-state index in [0.717, 1.165) is 45.4 Å². The van der Waals surface area contributed by atoms with Crippen LogP contribution in [0.3, 0.4) is 0 Å². The van der Waals surface area contributed by atoms with Crippen LogP contribution < -0.4 is 14.2 Å². The molecular formula is C21H27N4O2S+. The van der Waals surface area contributed by atoms with E-state index in [9.17, 15) is 5.11 Å². The van der Waals surface area contributed by atoms with E-state index >= 15 is 0 Å². The van der Waals surface area contributed by atoms with Gasteiger partial charge in [0, 0.05) is 24.8 Å². The Hall–Kier alpha value is -2.51. The topological polar surface area (TPSA) is 61.3 Å². The number of aliphatic hydroxyl groups is 1. The van der Waals surface area contributed by atoms with E-state index < -0.39 is 0 Å². The average molecular weight is 400 g/mol. The van der Waals surface area contributed by atoms with Crippen molar-refractivity contribution in [3.8, 4) is 5.75 Å². The van der Waals surface area contributed by atoms with E-state index in [2.05, 4.69) is 48.0 Å². The van der Waals surface area contributed by atoms with Gasteiger partial charge in [0.25, 0.3) is 0 Å². The Kier molecular flexibility index (Phi) is 6.59. The molecule has 6 nitrogen and oxygen atoms in total. The number of hydrogen-bond donors (Lipinski definition) is 1. The van der Waals surface area contributed by atoms with E-state index in [1.54, 1.807) is 7.11 Å². The number of rotatable bonds is 8. The molecule has 0 radical (unpaired) electrons. The third kappa shape index (κ3) is 4.15. The number of hydrogen-bond acceptors (Lipinski definition) is 6. The summed E-state index contributed by atoms with van der Waals surface area (Å²) in [5.41, 5.74) is 4.15. The first kappa shape index (κ1) is 20.2. The van der Waals surface area contributed by atoms with Crippen molar-refractivity contribution in [3.63, 3.8) is 0 Å². The molecule has 1 aromatic heterocycles. The molecule has 0 aliphatic heterocycles. The number of aromatic nitrogens is 1. The Morgan fingerprint density at radius 3 is 2.54 bits per heavy atom. The average Bonchev–Trinajstić information content (AvgIpc) is 3.05. The molecule has 0 bridgehead atoms. The number of thiazole rings is 1. The van der Waals surface area contributed by atoms with Gasteiger partial charge in [0.2, 0.25) is 0 Å². The van der Waals surface area contributed by atoms with Crippen molar-refractivity contribution in [1.29, 1.82) is 0 Å². The first-order chi connectivity index (χ1) is 13.6. The van der Waals surface area contributed by atoms with Crippen LogP contribution in [0, 0.1) is 6.92 Å². The van der Waals surface area contributed by atoms with E-state index in [-0.39, 0.29) is 6.61 Å². The lowest BCUT2D eigenvalue weighted by Gasteiger charge is -2.21. The van der Waals surface area contributed by atoms with Gasteiger partial charge in [0.15, 0.2) is 0 Å². The van der Waals surface area contributed by atoms with E-state index in [1.807, 2.05) is 28.8 Å². The highest BCUT2D eigenvalue weighted by Gasteiger charge is 2.20. The number of ether oxygens (including phenoxy) is 1. The lowest BCUT2D eigenvalue weighted by atomic mass is 10.1. The van der Waals surface area contributed by atoms with Gasteiger partial charge in [-0.05, 0) is 73.1 Å². The summed E-state index contributed by atoms with van der Waals surface area (Å²) >= 11 is 1.54. The summed E-state index contributed by atoms with van der Waals surface area (Å²) in [4.78, 5) is 2.31. The van der Waals surface area contributed by atoms with Gasteiger partial charge in [-0.15, -0.1) is 0 Å². The highest BCUT2D eigenvalue weighted by atomic mass is 32.1. The van der Waals surface area contributed by atoms with Crippen LogP contribution in [-0.2, 0) is 6.54 Å².